The molecule has 2 rings (SSSR count). The molecule has 21 heavy (non-hydrogen) atoms. The maximum atomic E-state index is 12.3. The summed E-state index contributed by atoms with van der Waals surface area (Å²) >= 11 is 0. The molecule has 1 aromatic carbocycles. The summed E-state index contributed by atoms with van der Waals surface area (Å²) in [6.45, 7) is 4.23. The maximum absolute atomic E-state index is 12.3. The molecule has 0 amide bonds. The summed E-state index contributed by atoms with van der Waals surface area (Å²) < 4.78 is 38.2. The third-order valence-electron chi connectivity index (χ3n) is 3.20. The van der Waals surface area contributed by atoms with Gasteiger partial charge in [0.25, 0.3) is 0 Å². The zero-order chi connectivity index (χ0) is 15.3. The Kier molecular flexibility index (Phi) is 5.44. The van der Waals surface area contributed by atoms with Crippen LogP contribution in [0.5, 0.6) is 11.5 Å². The molecule has 0 saturated carbocycles. The lowest BCUT2D eigenvalue weighted by Gasteiger charge is -2.13. The van der Waals surface area contributed by atoms with Gasteiger partial charge in [0.1, 0.15) is 0 Å². The third-order valence-corrected chi connectivity index (χ3v) is 4.62. The van der Waals surface area contributed by atoms with E-state index in [2.05, 4.69) is 10.0 Å². The summed E-state index contributed by atoms with van der Waals surface area (Å²) in [6, 6.07) is 4.70. The first-order valence-electron chi connectivity index (χ1n) is 7.07. The molecule has 0 saturated heterocycles. The Hall–Kier alpha value is -1.31. The van der Waals surface area contributed by atoms with Crippen molar-refractivity contribution in [2.24, 2.45) is 5.92 Å². The number of sulfonamides is 1. The zero-order valence-electron chi connectivity index (χ0n) is 12.4. The van der Waals surface area contributed by atoms with E-state index in [9.17, 15) is 8.42 Å². The maximum Gasteiger partial charge on any atom is 0.240 e. The molecule has 1 heterocycles. The molecular weight excluding hydrogens is 292 g/mol. The first kappa shape index (κ1) is 16.1. The highest BCUT2D eigenvalue weighted by Gasteiger charge is 2.19. The Bertz CT molecular complexity index is 574. The molecule has 1 aromatic rings. The fourth-order valence-corrected chi connectivity index (χ4v) is 3.25. The van der Waals surface area contributed by atoms with E-state index in [1.165, 1.54) is 6.07 Å². The molecule has 1 aliphatic heterocycles. The van der Waals surface area contributed by atoms with E-state index < -0.39 is 10.0 Å². The van der Waals surface area contributed by atoms with Crippen LogP contribution >= 0.6 is 0 Å². The summed E-state index contributed by atoms with van der Waals surface area (Å²) in [4.78, 5) is 0.198. The molecule has 2 N–H and O–H groups in total. The predicted molar refractivity (Wildman–Crippen MR) is 80.3 cm³/mol. The Morgan fingerprint density at radius 3 is 2.62 bits per heavy atom. The lowest BCUT2D eigenvalue weighted by molar-refractivity contribution is 0.297. The molecule has 0 fully saturated rings. The molecule has 0 spiro atoms. The van der Waals surface area contributed by atoms with E-state index in [1.807, 2.05) is 14.0 Å². The van der Waals surface area contributed by atoms with Crippen LogP contribution in [0.25, 0.3) is 0 Å². The van der Waals surface area contributed by atoms with Crippen molar-refractivity contribution < 1.29 is 17.9 Å². The second-order valence-corrected chi connectivity index (χ2v) is 6.94. The molecule has 0 bridgehead atoms. The minimum absolute atomic E-state index is 0.198. The molecule has 118 valence electrons. The van der Waals surface area contributed by atoms with Crippen LogP contribution in [0, 0.1) is 5.92 Å². The number of hydrogen-bond donors (Lipinski definition) is 2. The normalized spacial score (nSPS) is 16.3. The largest absolute Gasteiger partial charge is 0.490 e. The van der Waals surface area contributed by atoms with Gasteiger partial charge in [-0.25, -0.2) is 13.1 Å². The Morgan fingerprint density at radius 1 is 1.19 bits per heavy atom. The molecule has 0 radical (unpaired) electrons. The van der Waals surface area contributed by atoms with Gasteiger partial charge in [-0.1, -0.05) is 6.92 Å². The topological polar surface area (TPSA) is 76.7 Å². The average Bonchev–Trinajstić information content (AvgIpc) is 2.70. The van der Waals surface area contributed by atoms with Crippen LogP contribution in [0.4, 0.5) is 0 Å². The minimum atomic E-state index is -3.53. The van der Waals surface area contributed by atoms with Crippen LogP contribution < -0.4 is 19.5 Å². The first-order chi connectivity index (χ1) is 10.0. The average molecular weight is 314 g/mol. The highest BCUT2D eigenvalue weighted by atomic mass is 32.2. The van der Waals surface area contributed by atoms with Crippen LogP contribution in [0.1, 0.15) is 13.3 Å². The third kappa shape index (κ3) is 4.33. The predicted octanol–water partition coefficient (Wildman–Crippen LogP) is 0.982. The number of hydrogen-bond acceptors (Lipinski definition) is 5. The summed E-state index contributed by atoms with van der Waals surface area (Å²) in [7, 11) is -1.69. The monoisotopic (exact) mass is 314 g/mol. The van der Waals surface area contributed by atoms with Crippen LogP contribution in [0.3, 0.4) is 0 Å². The van der Waals surface area contributed by atoms with Crippen molar-refractivity contribution >= 4 is 10.0 Å². The number of benzene rings is 1. The van der Waals surface area contributed by atoms with Gasteiger partial charge in [0.2, 0.25) is 10.0 Å². The minimum Gasteiger partial charge on any atom is -0.490 e. The molecule has 1 aliphatic rings. The van der Waals surface area contributed by atoms with Gasteiger partial charge in [-0.05, 0) is 31.6 Å². The summed E-state index contributed by atoms with van der Waals surface area (Å²) in [6.07, 6.45) is 0.788. The molecule has 1 atom stereocenters. The second kappa shape index (κ2) is 7.11. The van der Waals surface area contributed by atoms with E-state index in [4.69, 9.17) is 9.47 Å². The fourth-order valence-electron chi connectivity index (χ4n) is 2.07. The van der Waals surface area contributed by atoms with Crippen molar-refractivity contribution in [1.29, 1.82) is 0 Å². The standard InChI is InChI=1S/C14H22N2O4S/c1-11(9-15-2)10-16-21(17,18)12-4-5-13-14(8-12)20-7-3-6-19-13/h4-5,8,11,15-16H,3,6-7,9-10H2,1-2H3. The first-order valence-corrected chi connectivity index (χ1v) is 8.55. The van der Waals surface area contributed by atoms with Gasteiger partial charge in [-0.2, -0.15) is 0 Å². The van der Waals surface area contributed by atoms with Gasteiger partial charge in [-0.3, -0.25) is 0 Å². The van der Waals surface area contributed by atoms with Gasteiger partial charge in [0.05, 0.1) is 18.1 Å². The van der Waals surface area contributed by atoms with E-state index >= 15 is 0 Å². The highest BCUT2D eigenvalue weighted by Crippen LogP contribution is 2.31. The zero-order valence-corrected chi connectivity index (χ0v) is 13.2. The Morgan fingerprint density at radius 2 is 1.90 bits per heavy atom. The van der Waals surface area contributed by atoms with E-state index in [0.29, 0.717) is 31.3 Å². The van der Waals surface area contributed by atoms with Crippen LogP contribution in [-0.4, -0.2) is 41.8 Å². The van der Waals surface area contributed by atoms with E-state index in [1.54, 1.807) is 12.1 Å². The fraction of sp³-hybridized carbons (Fsp3) is 0.571. The quantitative estimate of drug-likeness (QED) is 0.818. The van der Waals surface area contributed by atoms with Crippen LogP contribution in [0.2, 0.25) is 0 Å². The van der Waals surface area contributed by atoms with Gasteiger partial charge in [-0.15, -0.1) is 0 Å². The number of nitrogens with one attached hydrogen (secondary N) is 2. The van der Waals surface area contributed by atoms with Crippen molar-refractivity contribution in [3.63, 3.8) is 0 Å². The van der Waals surface area contributed by atoms with Crippen molar-refractivity contribution in [2.45, 2.75) is 18.2 Å². The van der Waals surface area contributed by atoms with E-state index in [0.717, 1.165) is 13.0 Å². The van der Waals surface area contributed by atoms with Crippen molar-refractivity contribution in [1.82, 2.24) is 10.0 Å². The summed E-state index contributed by atoms with van der Waals surface area (Å²) in [5.74, 6) is 1.29. The van der Waals surface area contributed by atoms with Gasteiger partial charge in [0.15, 0.2) is 11.5 Å². The Labute approximate surface area is 125 Å². The van der Waals surface area contributed by atoms with Gasteiger partial charge in [0, 0.05) is 19.0 Å². The molecule has 7 heteroatoms. The Balaban J connectivity index is 2.11. The van der Waals surface area contributed by atoms with Crippen molar-refractivity contribution in [3.05, 3.63) is 18.2 Å². The van der Waals surface area contributed by atoms with Crippen LogP contribution in [-0.2, 0) is 10.0 Å². The number of rotatable bonds is 6. The van der Waals surface area contributed by atoms with Crippen molar-refractivity contribution in [2.75, 3.05) is 33.4 Å². The summed E-state index contributed by atoms with van der Waals surface area (Å²) in [5, 5.41) is 3.02. The molecular formula is C14H22N2O4S. The summed E-state index contributed by atoms with van der Waals surface area (Å²) in [5.41, 5.74) is 0. The SMILES string of the molecule is CNCC(C)CNS(=O)(=O)c1ccc2c(c1)OCCCO2. The van der Waals surface area contributed by atoms with E-state index in [-0.39, 0.29) is 10.8 Å². The lowest BCUT2D eigenvalue weighted by Crippen LogP contribution is -2.32. The highest BCUT2D eigenvalue weighted by molar-refractivity contribution is 7.89. The van der Waals surface area contributed by atoms with Crippen molar-refractivity contribution in [3.8, 4) is 11.5 Å². The second-order valence-electron chi connectivity index (χ2n) is 5.17. The molecule has 0 aliphatic carbocycles. The number of fused-ring (bicyclic) bond motifs is 1. The molecule has 1 unspecified atom stereocenters. The molecule has 0 aromatic heterocycles. The van der Waals surface area contributed by atoms with Crippen LogP contribution in [0.15, 0.2) is 23.1 Å². The van der Waals surface area contributed by atoms with Gasteiger partial charge >= 0.3 is 0 Å². The molecule has 6 nitrogen and oxygen atoms in total. The smallest absolute Gasteiger partial charge is 0.240 e. The number of ether oxygens (including phenoxy) is 2. The van der Waals surface area contributed by atoms with Gasteiger partial charge < -0.3 is 14.8 Å². The lowest BCUT2D eigenvalue weighted by atomic mass is 10.2.